The Kier molecular flexibility index (Phi) is 43.7. The lowest BCUT2D eigenvalue weighted by molar-refractivity contribution is -0.173. The minimum absolute atomic E-state index is 0. The summed E-state index contributed by atoms with van der Waals surface area (Å²) >= 11 is 3.13. The van der Waals surface area contributed by atoms with E-state index in [1.807, 2.05) is 0 Å². The van der Waals surface area contributed by atoms with Crippen molar-refractivity contribution in [1.82, 2.24) is 42.5 Å². The maximum Gasteiger partial charge on any atom is 0.471 e. The summed E-state index contributed by atoms with van der Waals surface area (Å²) in [6.07, 6.45) is -12.9. The second-order valence-corrected chi connectivity index (χ2v) is 27.9. The number of aromatic hydroxyl groups is 1. The number of alkyl halides is 10. The Morgan fingerprint density at radius 2 is 0.615 bits per heavy atom. The molecule has 9 N–H and O–H groups in total. The first kappa shape index (κ1) is 106. The molecule has 5 aliphatic heterocycles. The standard InChI is InChI=1S/C18H22FNO4.3C14H12F4N2O3.C10H16BrFO2.C8H7NO2.4CH4/c1-18(2,3)24-16(21)7-4-12(9-19)11-23-14-5-6-15-13(8-14)10-20-17(15)22;3*15-4-8(5-20-13(22)14(16,17)18)7-23-10-1-2-11-9(3-10)6-19-12(11)21;1-10(2,3)14-9(13)5-4-8(6-11)7-12;10-6-1-2-7-5(3-6)4-9-8(7)11;;;;/h5-6,8-9H,4,7,10-11H2,1-3H3,(H,20,22);3*1-4H,5-7H2,(H,19,21)(H,20,22);7H,4-6H2,1-3H3;1-3,10H,4H2,(H,9,11);4*1H4/b;8-4+;8-4-;;;;;;;/i;;;;;;1T;;;. The molecule has 122 heavy (non-hydrogen) atoms. The van der Waals surface area contributed by atoms with Gasteiger partial charge in [0.05, 0.1) is 31.6 Å². The highest BCUT2D eigenvalue weighted by Crippen LogP contribution is 2.29. The van der Waals surface area contributed by atoms with Gasteiger partial charge in [-0.25, -0.2) is 22.0 Å². The lowest BCUT2D eigenvalue weighted by atomic mass is 10.1. The van der Waals surface area contributed by atoms with Crippen LogP contribution in [0.15, 0.2) is 151 Å². The molecule has 0 fully saturated rings. The zero-order valence-electron chi connectivity index (χ0n) is 65.7. The molecule has 0 aliphatic carbocycles. The Balaban J connectivity index is 0.000000742. The number of fused-ring (bicyclic) bond motifs is 5. The smallest absolute Gasteiger partial charge is 0.471 e. The first-order valence-corrected chi connectivity index (χ1v) is 36.2. The third-order valence-corrected chi connectivity index (χ3v) is 16.5. The van der Waals surface area contributed by atoms with E-state index in [0.717, 1.165) is 11.1 Å². The normalized spacial score (nSPS) is 13.7. The number of hydrogen-bond donors (Lipinski definition) is 9. The lowest BCUT2D eigenvalue weighted by Crippen LogP contribution is -2.38. The molecule has 0 saturated heterocycles. The van der Waals surface area contributed by atoms with Gasteiger partial charge in [0.15, 0.2) is 0 Å². The van der Waals surface area contributed by atoms with Gasteiger partial charge in [-0.05, 0) is 184 Å². The second-order valence-electron chi connectivity index (χ2n) is 27.4. The van der Waals surface area contributed by atoms with Gasteiger partial charge in [-0.2, -0.15) is 39.5 Å². The van der Waals surface area contributed by atoms with Crippen molar-refractivity contribution in [1.29, 1.82) is 0 Å². The van der Waals surface area contributed by atoms with Crippen molar-refractivity contribution in [2.45, 2.75) is 159 Å². The third kappa shape index (κ3) is 36.9. The van der Waals surface area contributed by atoms with Gasteiger partial charge >= 0.3 is 48.2 Å². The monoisotopic (exact) mass is 1810 g/mol. The number of esters is 2. The molecular formula is C82H97BrF14N8O17. The summed E-state index contributed by atoms with van der Waals surface area (Å²) in [5.74, 6) is -6.12. The van der Waals surface area contributed by atoms with E-state index >= 15 is 0 Å². The highest BCUT2D eigenvalue weighted by atomic mass is 79.9. The van der Waals surface area contributed by atoms with Gasteiger partial charge in [0.1, 0.15) is 66.4 Å². The van der Waals surface area contributed by atoms with E-state index in [1.165, 1.54) is 49.9 Å². The zero-order chi connectivity index (χ0) is 89.9. The van der Waals surface area contributed by atoms with E-state index < -0.39 is 67.1 Å². The maximum absolute atomic E-state index is 13.0. The fourth-order valence-electron chi connectivity index (χ4n) is 9.98. The third-order valence-electron chi connectivity index (χ3n) is 15.8. The number of phenols is 1. The number of benzene rings is 5. The molecule has 0 saturated carbocycles. The number of rotatable bonds is 25. The van der Waals surface area contributed by atoms with Crippen LogP contribution in [0.3, 0.4) is 0 Å². The second kappa shape index (κ2) is 50.3. The van der Waals surface area contributed by atoms with Crippen LogP contribution in [0, 0.1) is 0 Å². The van der Waals surface area contributed by atoms with Gasteiger partial charge < -0.3 is 76.1 Å². The van der Waals surface area contributed by atoms with Crippen molar-refractivity contribution in [2.24, 2.45) is 0 Å². The Morgan fingerprint density at radius 3 is 0.844 bits per heavy atom. The molecule has 5 aromatic rings. The summed E-state index contributed by atoms with van der Waals surface area (Å²) in [5.41, 5.74) is 6.11. The molecule has 0 atom stereocenters. The topological polar surface area (TPSA) is 343 Å². The van der Waals surface area contributed by atoms with E-state index in [0.29, 0.717) is 136 Å². The molecule has 0 unspecified atom stereocenters. The number of ether oxygens (including phenoxy) is 6. The van der Waals surface area contributed by atoms with E-state index in [4.69, 9.17) is 34.9 Å². The Labute approximate surface area is 704 Å². The summed E-state index contributed by atoms with van der Waals surface area (Å²) in [7, 11) is 1.25. The number of hydrogen-bond acceptors (Lipinski definition) is 17. The fourth-order valence-corrected chi connectivity index (χ4v) is 10.4. The quantitative estimate of drug-likeness (QED) is 0.0149. The van der Waals surface area contributed by atoms with Crippen LogP contribution in [0.1, 0.15) is 178 Å². The van der Waals surface area contributed by atoms with Crippen molar-refractivity contribution in [3.05, 3.63) is 206 Å². The first-order chi connectivity index (χ1) is 56.4. The van der Waals surface area contributed by atoms with E-state index in [2.05, 4.69) is 42.5 Å². The Morgan fingerprint density at radius 1 is 0.385 bits per heavy atom. The number of nitrogens with one attached hydrogen (secondary N) is 8. The summed E-state index contributed by atoms with van der Waals surface area (Å²) < 4.78 is 209. The zero-order valence-corrected chi connectivity index (χ0v) is 66.3. The maximum atomic E-state index is 13.0. The molecule has 0 radical (unpaired) electrons. The van der Waals surface area contributed by atoms with Crippen molar-refractivity contribution < 1.29 is 144 Å². The average molecular weight is 1810 g/mol. The Hall–Kier alpha value is -12.0. The molecule has 672 valence electrons. The van der Waals surface area contributed by atoms with Crippen LogP contribution in [0.2, 0.25) is 0 Å². The summed E-state index contributed by atoms with van der Waals surface area (Å²) in [6, 6.07) is 23.7. The van der Waals surface area contributed by atoms with Gasteiger partial charge in [0, 0.05) is 116 Å². The van der Waals surface area contributed by atoms with E-state index in [-0.39, 0.29) is 151 Å². The van der Waals surface area contributed by atoms with Gasteiger partial charge in [0.2, 0.25) is 0 Å². The van der Waals surface area contributed by atoms with Crippen LogP contribution in [0.25, 0.3) is 0 Å². The predicted octanol–water partition coefficient (Wildman–Crippen LogP) is 15.3. The minimum Gasteiger partial charge on any atom is -0.508 e. The number of amides is 8. The average Bonchev–Trinajstić information content (AvgIpc) is 1.71. The molecule has 5 aromatic carbocycles. The summed E-state index contributed by atoms with van der Waals surface area (Å²) in [5, 5.41) is 27.4. The van der Waals surface area contributed by atoms with Crippen molar-refractivity contribution in [3.8, 4) is 28.7 Å². The van der Waals surface area contributed by atoms with Crippen LogP contribution in [0.4, 0.5) is 61.5 Å². The van der Waals surface area contributed by atoms with E-state index in [1.54, 1.807) is 106 Å². The van der Waals surface area contributed by atoms with Crippen LogP contribution >= 0.6 is 15.9 Å². The highest BCUT2D eigenvalue weighted by Gasteiger charge is 2.40. The molecule has 10 rings (SSSR count). The number of carbonyl (C=O) groups is 10. The molecule has 40 heteroatoms. The largest absolute Gasteiger partial charge is 0.508 e. The van der Waals surface area contributed by atoms with Gasteiger partial charge in [0.25, 0.3) is 29.5 Å². The number of allylic oxidation sites excluding steroid dienone is 1. The molecule has 0 spiro atoms. The van der Waals surface area contributed by atoms with Gasteiger partial charge in [-0.3, -0.25) is 47.9 Å². The van der Waals surface area contributed by atoms with Crippen LogP contribution in [-0.2, 0) is 66.2 Å². The minimum atomic E-state index is -5.03. The predicted molar refractivity (Wildman–Crippen MR) is 426 cm³/mol. The van der Waals surface area contributed by atoms with E-state index in [9.17, 15) is 109 Å². The first-order valence-electron chi connectivity index (χ1n) is 36.1. The molecule has 25 nitrogen and oxygen atoms in total. The lowest BCUT2D eigenvalue weighted by Gasteiger charge is -2.19. The summed E-state index contributed by atoms with van der Waals surface area (Å²) in [4.78, 5) is 111. The number of halogens is 15. The molecule has 8 amide bonds. The fraction of sp³-hybridized carbons (Fsp3) is 0.390. The van der Waals surface area contributed by atoms with Crippen molar-refractivity contribution in [3.63, 3.8) is 0 Å². The van der Waals surface area contributed by atoms with Crippen molar-refractivity contribution >= 4 is 75.1 Å². The van der Waals surface area contributed by atoms with Gasteiger partial charge in [-0.1, -0.05) is 45.6 Å². The molecule has 0 aromatic heterocycles. The van der Waals surface area contributed by atoms with Crippen molar-refractivity contribution in [2.75, 3.05) is 51.4 Å². The molecule has 0 bridgehead atoms. The molecule has 5 aliphatic rings. The SMILES string of the molecule is C.C.C.CC(C)(C)OC(=O)CCC(=CF)CBr.CC(C)(C)OC(=O)CCC(=CF)COc1ccc2c(c1)CNC2=O.O=C1NCc2cc(O)ccc21.O=C1NCc2cc(OC/C(=C/F)CNC(=O)C(F)(F)F)ccc21.O=C1NCc2cc(OC/C(=C\F)CNC(=O)C(F)(F)F)ccc21.O=C1NCc2cc(OCC(=CF)CNC(=O)C(F)(F)F)ccc21.[3H]C. The van der Waals surface area contributed by atoms with Crippen LogP contribution < -0.4 is 61.5 Å². The highest BCUT2D eigenvalue weighted by molar-refractivity contribution is 9.09. The van der Waals surface area contributed by atoms with Crippen LogP contribution in [-0.4, -0.2) is 145 Å². The molecule has 5 heterocycles. The Bertz CT molecular complexity index is 4350. The number of phenolic OH excluding ortho intramolecular Hbond substituents is 1. The molecular weight excluding hydrogens is 1710 g/mol. The van der Waals surface area contributed by atoms with Crippen LogP contribution in [0.5, 0.6) is 28.7 Å². The summed E-state index contributed by atoms with van der Waals surface area (Å²) in [6.45, 7) is 9.96. The number of carbonyl (C=O) groups excluding carboxylic acids is 10. The van der Waals surface area contributed by atoms with Gasteiger partial charge in [-0.15, -0.1) is 0 Å².